The van der Waals surface area contributed by atoms with E-state index < -0.39 is 9.84 Å². The first-order valence-corrected chi connectivity index (χ1v) is 8.54. The maximum absolute atomic E-state index is 12.5. The molecule has 0 saturated heterocycles. The van der Waals surface area contributed by atoms with E-state index in [-0.39, 0.29) is 9.24 Å². The molecule has 0 amide bonds. The van der Waals surface area contributed by atoms with Crippen molar-refractivity contribution in [3.63, 3.8) is 0 Å². The molecule has 2 aromatic carbocycles. The average Bonchev–Trinajstić information content (AvgIpc) is 2.99. The Labute approximate surface area is 127 Å². The Morgan fingerprint density at radius 3 is 2.48 bits per heavy atom. The highest BCUT2D eigenvalue weighted by atomic mass is 32.2. The van der Waals surface area contributed by atoms with Crippen molar-refractivity contribution in [1.82, 2.24) is 9.36 Å². The van der Waals surface area contributed by atoms with Crippen molar-refractivity contribution in [2.24, 2.45) is 0 Å². The molecule has 1 aromatic heterocycles. The molecule has 0 atom stereocenters. The SMILES string of the molecule is Cc1cccc(S(=O)(=O)c2nc(-c3ccccc3)ns2)c1. The summed E-state index contributed by atoms with van der Waals surface area (Å²) in [6, 6.07) is 16.1. The van der Waals surface area contributed by atoms with Gasteiger partial charge in [-0.1, -0.05) is 42.5 Å². The van der Waals surface area contributed by atoms with E-state index in [1.807, 2.05) is 43.3 Å². The predicted molar refractivity (Wildman–Crippen MR) is 82.0 cm³/mol. The molecule has 0 radical (unpaired) electrons. The molecule has 21 heavy (non-hydrogen) atoms. The molecule has 0 aliphatic rings. The van der Waals surface area contributed by atoms with Gasteiger partial charge in [-0.2, -0.15) is 4.37 Å². The van der Waals surface area contributed by atoms with Crippen LogP contribution in [0.5, 0.6) is 0 Å². The molecule has 106 valence electrons. The summed E-state index contributed by atoms with van der Waals surface area (Å²) < 4.78 is 29.2. The summed E-state index contributed by atoms with van der Waals surface area (Å²) in [6.07, 6.45) is 0. The zero-order valence-electron chi connectivity index (χ0n) is 11.2. The fourth-order valence-electron chi connectivity index (χ4n) is 1.91. The van der Waals surface area contributed by atoms with E-state index in [9.17, 15) is 8.42 Å². The third-order valence-corrected chi connectivity index (χ3v) is 5.79. The Hall–Kier alpha value is -2.05. The first kappa shape index (κ1) is 13.9. The Bertz CT molecular complexity index is 871. The van der Waals surface area contributed by atoms with Crippen molar-refractivity contribution in [3.05, 3.63) is 60.2 Å². The molecule has 0 fully saturated rings. The summed E-state index contributed by atoms with van der Waals surface area (Å²) in [6.45, 7) is 1.86. The van der Waals surface area contributed by atoms with Gasteiger partial charge in [-0.05, 0) is 36.2 Å². The monoisotopic (exact) mass is 316 g/mol. The third kappa shape index (κ3) is 2.72. The molecule has 0 saturated carbocycles. The normalized spacial score (nSPS) is 11.5. The second-order valence-electron chi connectivity index (χ2n) is 4.57. The number of hydrogen-bond acceptors (Lipinski definition) is 5. The summed E-state index contributed by atoms with van der Waals surface area (Å²) in [4.78, 5) is 4.43. The van der Waals surface area contributed by atoms with Crippen LogP contribution in [-0.2, 0) is 9.84 Å². The van der Waals surface area contributed by atoms with Crippen molar-refractivity contribution in [2.75, 3.05) is 0 Å². The molecule has 0 aliphatic carbocycles. The second-order valence-corrected chi connectivity index (χ2v) is 7.45. The quantitative estimate of drug-likeness (QED) is 0.743. The second kappa shape index (κ2) is 5.38. The van der Waals surface area contributed by atoms with E-state index in [0.29, 0.717) is 5.82 Å². The summed E-state index contributed by atoms with van der Waals surface area (Å²) >= 11 is 0.903. The topological polar surface area (TPSA) is 59.9 Å². The van der Waals surface area contributed by atoms with Gasteiger partial charge in [0.2, 0.25) is 14.2 Å². The van der Waals surface area contributed by atoms with Gasteiger partial charge in [0.1, 0.15) is 0 Å². The lowest BCUT2D eigenvalue weighted by Gasteiger charge is -2.01. The lowest BCUT2D eigenvalue weighted by molar-refractivity contribution is 0.595. The van der Waals surface area contributed by atoms with Crippen LogP contribution in [0.15, 0.2) is 63.8 Å². The van der Waals surface area contributed by atoms with Crippen LogP contribution in [0.2, 0.25) is 0 Å². The van der Waals surface area contributed by atoms with E-state index in [2.05, 4.69) is 9.36 Å². The largest absolute Gasteiger partial charge is 0.235 e. The Morgan fingerprint density at radius 2 is 1.76 bits per heavy atom. The number of rotatable bonds is 3. The van der Waals surface area contributed by atoms with Gasteiger partial charge in [-0.15, -0.1) is 0 Å². The lowest BCUT2D eigenvalue weighted by Crippen LogP contribution is -2.01. The Morgan fingerprint density at radius 1 is 1.00 bits per heavy atom. The molecule has 0 aliphatic heterocycles. The molecule has 0 unspecified atom stereocenters. The van der Waals surface area contributed by atoms with Crippen molar-refractivity contribution < 1.29 is 8.42 Å². The highest BCUT2D eigenvalue weighted by molar-refractivity contribution is 7.93. The maximum Gasteiger partial charge on any atom is 0.235 e. The van der Waals surface area contributed by atoms with E-state index in [1.54, 1.807) is 18.2 Å². The summed E-state index contributed by atoms with van der Waals surface area (Å²) in [5, 5.41) is 0. The molecule has 0 spiro atoms. The van der Waals surface area contributed by atoms with Gasteiger partial charge in [-0.25, -0.2) is 13.4 Å². The lowest BCUT2D eigenvalue weighted by atomic mass is 10.2. The van der Waals surface area contributed by atoms with E-state index >= 15 is 0 Å². The number of nitrogens with zero attached hydrogens (tertiary/aromatic N) is 2. The fraction of sp³-hybridized carbons (Fsp3) is 0.0667. The van der Waals surface area contributed by atoms with Crippen molar-refractivity contribution in [2.45, 2.75) is 16.2 Å². The molecule has 3 aromatic rings. The zero-order chi connectivity index (χ0) is 14.9. The van der Waals surface area contributed by atoms with Gasteiger partial charge in [0, 0.05) is 5.56 Å². The van der Waals surface area contributed by atoms with Gasteiger partial charge >= 0.3 is 0 Å². The van der Waals surface area contributed by atoms with Crippen LogP contribution in [0.1, 0.15) is 5.56 Å². The minimum atomic E-state index is -3.60. The Kier molecular flexibility index (Phi) is 3.57. The molecular formula is C15H12N2O2S2. The van der Waals surface area contributed by atoms with Crippen molar-refractivity contribution in [3.8, 4) is 11.4 Å². The van der Waals surface area contributed by atoms with E-state index in [4.69, 9.17) is 0 Å². The van der Waals surface area contributed by atoms with Crippen LogP contribution in [0, 0.1) is 6.92 Å². The van der Waals surface area contributed by atoms with Gasteiger partial charge in [0.05, 0.1) is 4.90 Å². The number of hydrogen-bond donors (Lipinski definition) is 0. The predicted octanol–water partition coefficient (Wildman–Crippen LogP) is 3.35. The van der Waals surface area contributed by atoms with Crippen LogP contribution in [0.4, 0.5) is 0 Å². The third-order valence-electron chi connectivity index (χ3n) is 2.97. The van der Waals surface area contributed by atoms with Gasteiger partial charge in [-0.3, -0.25) is 0 Å². The first-order chi connectivity index (χ1) is 10.1. The molecule has 0 N–H and O–H groups in total. The number of aromatic nitrogens is 2. The smallest absolute Gasteiger partial charge is 0.216 e. The number of sulfone groups is 1. The summed E-state index contributed by atoms with van der Waals surface area (Å²) in [5.74, 6) is 0.437. The van der Waals surface area contributed by atoms with Gasteiger partial charge < -0.3 is 0 Å². The highest BCUT2D eigenvalue weighted by Crippen LogP contribution is 2.26. The standard InChI is InChI=1S/C15H12N2O2S2/c1-11-6-5-9-13(10-11)21(18,19)15-16-14(17-20-15)12-7-3-2-4-8-12/h2-10H,1H3. The van der Waals surface area contributed by atoms with Crippen LogP contribution in [0.3, 0.4) is 0 Å². The van der Waals surface area contributed by atoms with Gasteiger partial charge in [0.25, 0.3) is 0 Å². The van der Waals surface area contributed by atoms with Crippen LogP contribution >= 0.6 is 11.5 Å². The minimum Gasteiger partial charge on any atom is -0.216 e. The fourth-order valence-corrected chi connectivity index (χ4v) is 4.14. The van der Waals surface area contributed by atoms with Gasteiger partial charge in [0.15, 0.2) is 5.82 Å². The summed E-state index contributed by atoms with van der Waals surface area (Å²) in [7, 11) is -3.60. The van der Waals surface area contributed by atoms with Crippen LogP contribution in [-0.4, -0.2) is 17.8 Å². The number of benzene rings is 2. The molecule has 6 heteroatoms. The number of aryl methyl sites for hydroxylation is 1. The molecule has 1 heterocycles. The molecular weight excluding hydrogens is 304 g/mol. The summed E-state index contributed by atoms with van der Waals surface area (Å²) in [5.41, 5.74) is 1.70. The van der Waals surface area contributed by atoms with Crippen molar-refractivity contribution >= 4 is 21.4 Å². The maximum atomic E-state index is 12.5. The molecule has 3 rings (SSSR count). The van der Waals surface area contributed by atoms with Crippen LogP contribution < -0.4 is 0 Å². The molecule has 4 nitrogen and oxygen atoms in total. The first-order valence-electron chi connectivity index (χ1n) is 6.28. The molecule has 0 bridgehead atoms. The minimum absolute atomic E-state index is 0.0203. The average molecular weight is 316 g/mol. The van der Waals surface area contributed by atoms with E-state index in [0.717, 1.165) is 22.7 Å². The van der Waals surface area contributed by atoms with E-state index in [1.165, 1.54) is 0 Å². The Balaban J connectivity index is 2.03. The van der Waals surface area contributed by atoms with Crippen molar-refractivity contribution in [1.29, 1.82) is 0 Å². The highest BCUT2D eigenvalue weighted by Gasteiger charge is 2.23. The van der Waals surface area contributed by atoms with Crippen LogP contribution in [0.25, 0.3) is 11.4 Å². The zero-order valence-corrected chi connectivity index (χ0v) is 12.9.